The summed E-state index contributed by atoms with van der Waals surface area (Å²) < 4.78 is 19.0. The highest BCUT2D eigenvalue weighted by molar-refractivity contribution is 5.87. The van der Waals surface area contributed by atoms with E-state index in [9.17, 15) is 4.79 Å². The number of hydrogen-bond acceptors (Lipinski definition) is 4. The molecule has 32 heavy (non-hydrogen) atoms. The van der Waals surface area contributed by atoms with Gasteiger partial charge in [-0.1, -0.05) is 97.9 Å². The number of ketones is 1. The first-order valence-electron chi connectivity index (χ1n) is 11.2. The van der Waals surface area contributed by atoms with Crippen LogP contribution in [0.15, 0.2) is 91.0 Å². The van der Waals surface area contributed by atoms with E-state index < -0.39 is 11.9 Å². The van der Waals surface area contributed by atoms with Crippen molar-refractivity contribution >= 4 is 5.78 Å². The molecule has 4 rings (SSSR count). The molecule has 1 aliphatic rings. The molecule has 2 atom stereocenters. The van der Waals surface area contributed by atoms with Gasteiger partial charge in [0.25, 0.3) is 5.79 Å². The molecule has 1 saturated carbocycles. The molecule has 0 aliphatic heterocycles. The van der Waals surface area contributed by atoms with Gasteiger partial charge in [0, 0.05) is 6.42 Å². The van der Waals surface area contributed by atoms with E-state index in [0.717, 1.165) is 16.7 Å². The summed E-state index contributed by atoms with van der Waals surface area (Å²) in [5, 5.41) is 0. The molecule has 0 radical (unpaired) electrons. The first kappa shape index (κ1) is 22.4. The van der Waals surface area contributed by atoms with E-state index >= 15 is 0 Å². The van der Waals surface area contributed by atoms with Crippen LogP contribution in [-0.4, -0.2) is 17.7 Å². The van der Waals surface area contributed by atoms with Crippen LogP contribution in [0.1, 0.15) is 36.5 Å². The van der Waals surface area contributed by atoms with Crippen molar-refractivity contribution in [2.24, 2.45) is 5.92 Å². The fraction of sp³-hybridized carbons (Fsp3) is 0.321. The summed E-state index contributed by atoms with van der Waals surface area (Å²) >= 11 is 0. The molecule has 4 nitrogen and oxygen atoms in total. The Balaban J connectivity index is 1.59. The van der Waals surface area contributed by atoms with Crippen molar-refractivity contribution in [3.05, 3.63) is 108 Å². The molecule has 4 heteroatoms. The molecule has 1 aliphatic carbocycles. The van der Waals surface area contributed by atoms with Gasteiger partial charge in [0.1, 0.15) is 6.10 Å². The van der Waals surface area contributed by atoms with Gasteiger partial charge < -0.3 is 14.2 Å². The van der Waals surface area contributed by atoms with E-state index in [2.05, 4.69) is 6.92 Å². The van der Waals surface area contributed by atoms with Crippen molar-refractivity contribution in [2.75, 3.05) is 0 Å². The van der Waals surface area contributed by atoms with Gasteiger partial charge in [-0.05, 0) is 29.0 Å². The van der Waals surface area contributed by atoms with Gasteiger partial charge in [0.2, 0.25) is 0 Å². The average Bonchev–Trinajstić information content (AvgIpc) is 2.83. The Hall–Kier alpha value is -2.79. The highest BCUT2D eigenvalue weighted by Gasteiger charge is 2.53. The Morgan fingerprint density at radius 1 is 0.719 bits per heavy atom. The standard InChI is InChI=1S/C28H30O4/c1-22-17-26(29)28(31-20-24-13-7-3-8-14-24,32-21-25-15-9-4-10-16-25)27(18-22)30-19-23-11-5-2-6-12-23/h2-16,22,27H,17-21H2,1H3. The molecule has 0 amide bonds. The van der Waals surface area contributed by atoms with Gasteiger partial charge in [0.05, 0.1) is 19.8 Å². The van der Waals surface area contributed by atoms with Crippen molar-refractivity contribution in [1.29, 1.82) is 0 Å². The van der Waals surface area contributed by atoms with Crippen molar-refractivity contribution in [3.63, 3.8) is 0 Å². The van der Waals surface area contributed by atoms with Crippen LogP contribution in [0.25, 0.3) is 0 Å². The minimum atomic E-state index is -1.44. The second kappa shape index (κ2) is 10.7. The maximum absolute atomic E-state index is 13.5. The van der Waals surface area contributed by atoms with Crippen molar-refractivity contribution < 1.29 is 19.0 Å². The van der Waals surface area contributed by atoms with Gasteiger partial charge in [-0.25, -0.2) is 0 Å². The number of Topliss-reactive ketones (excluding diaryl/α,β-unsaturated/α-hetero) is 1. The molecular formula is C28H30O4. The molecular weight excluding hydrogens is 400 g/mol. The van der Waals surface area contributed by atoms with E-state index in [1.165, 1.54) is 0 Å². The molecule has 0 heterocycles. The van der Waals surface area contributed by atoms with E-state index in [1.807, 2.05) is 91.0 Å². The highest BCUT2D eigenvalue weighted by Crippen LogP contribution is 2.37. The molecule has 0 N–H and O–H groups in total. The zero-order chi connectivity index (χ0) is 22.2. The lowest BCUT2D eigenvalue weighted by atomic mass is 9.82. The average molecular weight is 431 g/mol. The van der Waals surface area contributed by atoms with Crippen LogP contribution in [0.2, 0.25) is 0 Å². The van der Waals surface area contributed by atoms with Gasteiger partial charge in [-0.15, -0.1) is 0 Å². The number of hydrogen-bond donors (Lipinski definition) is 0. The first-order valence-corrected chi connectivity index (χ1v) is 11.2. The maximum Gasteiger partial charge on any atom is 0.256 e. The lowest BCUT2D eigenvalue weighted by Gasteiger charge is -2.43. The largest absolute Gasteiger partial charge is 0.367 e. The lowest BCUT2D eigenvalue weighted by molar-refractivity contribution is -0.295. The Morgan fingerprint density at radius 3 is 1.62 bits per heavy atom. The molecule has 166 valence electrons. The molecule has 0 bridgehead atoms. The van der Waals surface area contributed by atoms with Crippen LogP contribution in [0.4, 0.5) is 0 Å². The predicted octanol–water partition coefficient (Wildman–Crippen LogP) is 5.70. The monoisotopic (exact) mass is 430 g/mol. The third-order valence-corrected chi connectivity index (χ3v) is 5.85. The summed E-state index contributed by atoms with van der Waals surface area (Å²) in [7, 11) is 0. The van der Waals surface area contributed by atoms with Crippen molar-refractivity contribution in [3.8, 4) is 0 Å². The van der Waals surface area contributed by atoms with Crippen LogP contribution >= 0.6 is 0 Å². The van der Waals surface area contributed by atoms with E-state index in [0.29, 0.717) is 19.4 Å². The smallest absolute Gasteiger partial charge is 0.256 e. The fourth-order valence-electron chi connectivity index (χ4n) is 4.11. The lowest BCUT2D eigenvalue weighted by Crippen LogP contribution is -2.58. The second-order valence-electron chi connectivity index (χ2n) is 8.47. The minimum Gasteiger partial charge on any atom is -0.367 e. The van der Waals surface area contributed by atoms with Crippen molar-refractivity contribution in [1.82, 2.24) is 0 Å². The predicted molar refractivity (Wildman–Crippen MR) is 124 cm³/mol. The SMILES string of the molecule is CC1CC(=O)C(OCc2ccccc2)(OCc2ccccc2)C(OCc2ccccc2)C1. The fourth-order valence-corrected chi connectivity index (χ4v) is 4.11. The second-order valence-corrected chi connectivity index (χ2v) is 8.47. The first-order chi connectivity index (χ1) is 15.7. The van der Waals surface area contributed by atoms with Crippen LogP contribution in [0, 0.1) is 5.92 Å². The Kier molecular flexibility index (Phi) is 7.48. The van der Waals surface area contributed by atoms with Gasteiger partial charge in [0.15, 0.2) is 5.78 Å². The molecule has 0 aromatic heterocycles. The summed E-state index contributed by atoms with van der Waals surface area (Å²) in [6, 6.07) is 29.7. The van der Waals surface area contributed by atoms with E-state index in [4.69, 9.17) is 14.2 Å². The van der Waals surface area contributed by atoms with Gasteiger partial charge >= 0.3 is 0 Å². The number of carbonyl (C=O) groups is 1. The van der Waals surface area contributed by atoms with E-state index in [-0.39, 0.29) is 24.9 Å². The third-order valence-electron chi connectivity index (χ3n) is 5.85. The number of carbonyl (C=O) groups excluding carboxylic acids is 1. The quantitative estimate of drug-likeness (QED) is 0.409. The molecule has 1 fully saturated rings. The molecule has 0 saturated heterocycles. The van der Waals surface area contributed by atoms with Gasteiger partial charge in [-0.3, -0.25) is 4.79 Å². The van der Waals surface area contributed by atoms with E-state index in [1.54, 1.807) is 0 Å². The normalized spacial score (nSPS) is 20.2. The Bertz CT molecular complexity index is 929. The Labute approximate surface area is 190 Å². The highest BCUT2D eigenvalue weighted by atomic mass is 16.7. The zero-order valence-electron chi connectivity index (χ0n) is 18.5. The third kappa shape index (κ3) is 5.52. The van der Waals surface area contributed by atoms with Crippen LogP contribution in [-0.2, 0) is 38.8 Å². The molecule has 3 aromatic carbocycles. The van der Waals surface area contributed by atoms with Gasteiger partial charge in [-0.2, -0.15) is 0 Å². The molecule has 2 unspecified atom stereocenters. The van der Waals surface area contributed by atoms with Crippen LogP contribution in [0.3, 0.4) is 0 Å². The van der Waals surface area contributed by atoms with Crippen LogP contribution in [0.5, 0.6) is 0 Å². The molecule has 0 spiro atoms. The van der Waals surface area contributed by atoms with Crippen molar-refractivity contribution in [2.45, 2.75) is 51.5 Å². The molecule has 3 aromatic rings. The number of benzene rings is 3. The Morgan fingerprint density at radius 2 is 1.16 bits per heavy atom. The zero-order valence-corrected chi connectivity index (χ0v) is 18.5. The maximum atomic E-state index is 13.5. The summed E-state index contributed by atoms with van der Waals surface area (Å²) in [5.74, 6) is -1.29. The summed E-state index contributed by atoms with van der Waals surface area (Å²) in [6.07, 6.45) is 0.614. The summed E-state index contributed by atoms with van der Waals surface area (Å²) in [6.45, 7) is 3.04. The summed E-state index contributed by atoms with van der Waals surface area (Å²) in [4.78, 5) is 13.5. The topological polar surface area (TPSA) is 44.8 Å². The summed E-state index contributed by atoms with van der Waals surface area (Å²) in [5.41, 5.74) is 3.03. The minimum absolute atomic E-state index is 0.0545. The number of rotatable bonds is 9. The van der Waals surface area contributed by atoms with Crippen LogP contribution < -0.4 is 0 Å². The number of ether oxygens (including phenoxy) is 3.